The Bertz CT molecular complexity index is 558. The fraction of sp³-hybridized carbons (Fsp3) is 0.500. The van der Waals surface area contributed by atoms with Crippen molar-refractivity contribution in [1.82, 2.24) is 0 Å². The number of hydrogen-bond acceptors (Lipinski definition) is 2. The van der Waals surface area contributed by atoms with E-state index in [1.54, 1.807) is 12.1 Å². The summed E-state index contributed by atoms with van der Waals surface area (Å²) in [5.41, 5.74) is 0.784. The van der Waals surface area contributed by atoms with Crippen molar-refractivity contribution in [3.05, 3.63) is 53.6 Å². The topological polar surface area (TPSA) is 57.5 Å². The van der Waals surface area contributed by atoms with Crippen molar-refractivity contribution in [2.45, 2.75) is 71.1 Å². The number of aryl methyl sites for hydroxylation is 1. The molecule has 3 heteroatoms. The van der Waals surface area contributed by atoms with Gasteiger partial charge in [0, 0.05) is 0 Å². The molecule has 25 heavy (non-hydrogen) atoms. The summed E-state index contributed by atoms with van der Waals surface area (Å²) < 4.78 is 0. The third-order valence-electron chi connectivity index (χ3n) is 4.22. The second-order valence-electron chi connectivity index (χ2n) is 6.39. The van der Waals surface area contributed by atoms with Crippen LogP contribution in [0, 0.1) is 0 Å². The lowest BCUT2D eigenvalue weighted by molar-refractivity contribution is 0.0692. The smallest absolute Gasteiger partial charge is 0.339 e. The highest BCUT2D eigenvalue weighted by atomic mass is 16.4. The quantitative estimate of drug-likeness (QED) is 0.327. The van der Waals surface area contributed by atoms with Crippen LogP contribution in [0.15, 0.2) is 42.5 Å². The third kappa shape index (κ3) is 9.13. The standard InChI is InChI=1S/C22H32O3/c1-2-3-4-5-6-7-8-9-10-11-12-13-14-16-19-17-15-18-20(23)21(19)22(24)25/h4-5,7-8,15,17-18,23H,2-3,6,9-14,16H2,1H3,(H,24,25)/b5-4-,8-7-. The molecule has 0 aliphatic heterocycles. The number of hydrogen-bond donors (Lipinski definition) is 2. The number of benzene rings is 1. The highest BCUT2D eigenvalue weighted by Gasteiger charge is 2.14. The maximum Gasteiger partial charge on any atom is 0.339 e. The first-order chi connectivity index (χ1) is 12.2. The third-order valence-corrected chi connectivity index (χ3v) is 4.22. The summed E-state index contributed by atoms with van der Waals surface area (Å²) in [6, 6.07) is 4.93. The average molecular weight is 344 g/mol. The lowest BCUT2D eigenvalue weighted by Crippen LogP contribution is -2.03. The molecule has 0 unspecified atom stereocenters. The van der Waals surface area contributed by atoms with E-state index >= 15 is 0 Å². The first-order valence-electron chi connectivity index (χ1n) is 9.51. The number of aromatic carboxylic acids is 1. The van der Waals surface area contributed by atoms with Crippen molar-refractivity contribution in [1.29, 1.82) is 0 Å². The SMILES string of the molecule is CCC/C=C\C/C=C\CCCCCCCc1cccc(O)c1C(=O)O. The number of carboxylic acids is 1. The van der Waals surface area contributed by atoms with Gasteiger partial charge in [-0.15, -0.1) is 0 Å². The predicted octanol–water partition coefficient (Wildman–Crippen LogP) is 6.28. The van der Waals surface area contributed by atoms with Gasteiger partial charge in [-0.05, 0) is 50.2 Å². The normalized spacial score (nSPS) is 11.6. The van der Waals surface area contributed by atoms with Gasteiger partial charge in [-0.1, -0.05) is 69.0 Å². The van der Waals surface area contributed by atoms with E-state index in [1.165, 1.54) is 38.2 Å². The molecule has 0 aliphatic rings. The van der Waals surface area contributed by atoms with Gasteiger partial charge in [0.15, 0.2) is 0 Å². The van der Waals surface area contributed by atoms with Gasteiger partial charge >= 0.3 is 5.97 Å². The fourth-order valence-corrected chi connectivity index (χ4v) is 2.82. The molecule has 0 fully saturated rings. The minimum Gasteiger partial charge on any atom is -0.507 e. The van der Waals surface area contributed by atoms with Gasteiger partial charge in [0.1, 0.15) is 11.3 Å². The summed E-state index contributed by atoms with van der Waals surface area (Å²) in [4.78, 5) is 11.2. The minimum atomic E-state index is -1.05. The van der Waals surface area contributed by atoms with Crippen molar-refractivity contribution >= 4 is 5.97 Å². The summed E-state index contributed by atoms with van der Waals surface area (Å²) in [7, 11) is 0. The van der Waals surface area contributed by atoms with Crippen LogP contribution in [-0.2, 0) is 6.42 Å². The first kappa shape index (κ1) is 21.0. The zero-order chi connectivity index (χ0) is 18.3. The Morgan fingerprint density at radius 3 is 2.36 bits per heavy atom. The fourth-order valence-electron chi connectivity index (χ4n) is 2.82. The van der Waals surface area contributed by atoms with Crippen molar-refractivity contribution in [2.75, 3.05) is 0 Å². The molecule has 1 aromatic carbocycles. The van der Waals surface area contributed by atoms with Crippen molar-refractivity contribution in [2.24, 2.45) is 0 Å². The molecule has 0 saturated heterocycles. The van der Waals surface area contributed by atoms with E-state index in [9.17, 15) is 15.0 Å². The first-order valence-corrected chi connectivity index (χ1v) is 9.51. The molecule has 0 radical (unpaired) electrons. The monoisotopic (exact) mass is 344 g/mol. The molecular weight excluding hydrogens is 312 g/mol. The zero-order valence-corrected chi connectivity index (χ0v) is 15.4. The second-order valence-corrected chi connectivity index (χ2v) is 6.39. The number of allylic oxidation sites excluding steroid dienone is 4. The maximum absolute atomic E-state index is 11.2. The van der Waals surface area contributed by atoms with E-state index < -0.39 is 5.97 Å². The number of unbranched alkanes of at least 4 members (excludes halogenated alkanes) is 6. The summed E-state index contributed by atoms with van der Waals surface area (Å²) in [5.74, 6) is -1.19. The van der Waals surface area contributed by atoms with Gasteiger partial charge in [0.2, 0.25) is 0 Å². The number of aromatic hydroxyl groups is 1. The Balaban J connectivity index is 2.11. The van der Waals surface area contributed by atoms with Crippen LogP contribution in [0.3, 0.4) is 0 Å². The number of carbonyl (C=O) groups is 1. The van der Waals surface area contributed by atoms with Crippen LogP contribution in [0.2, 0.25) is 0 Å². The zero-order valence-electron chi connectivity index (χ0n) is 15.4. The molecule has 0 heterocycles. The van der Waals surface area contributed by atoms with Gasteiger partial charge in [0.05, 0.1) is 0 Å². The second kappa shape index (κ2) is 13.3. The average Bonchev–Trinajstić information content (AvgIpc) is 2.58. The lowest BCUT2D eigenvalue weighted by Gasteiger charge is -2.07. The molecule has 1 aromatic rings. The van der Waals surface area contributed by atoms with Gasteiger partial charge in [-0.25, -0.2) is 4.79 Å². The summed E-state index contributed by atoms with van der Waals surface area (Å²) in [6.07, 6.45) is 19.9. The van der Waals surface area contributed by atoms with E-state index in [0.29, 0.717) is 6.42 Å². The molecule has 138 valence electrons. The summed E-state index contributed by atoms with van der Waals surface area (Å²) in [6.45, 7) is 2.19. The van der Waals surface area contributed by atoms with Crippen molar-refractivity contribution in [3.8, 4) is 5.75 Å². The van der Waals surface area contributed by atoms with E-state index in [4.69, 9.17) is 0 Å². The number of carboxylic acid groups (broad SMARTS) is 1. The van der Waals surface area contributed by atoms with E-state index in [1.807, 2.05) is 0 Å². The Hall–Kier alpha value is -2.03. The maximum atomic E-state index is 11.2. The van der Waals surface area contributed by atoms with Crippen LogP contribution in [0.4, 0.5) is 0 Å². The lowest BCUT2D eigenvalue weighted by atomic mass is 9.99. The van der Waals surface area contributed by atoms with Crippen LogP contribution in [-0.4, -0.2) is 16.2 Å². The minimum absolute atomic E-state index is 0.0561. The molecule has 0 aromatic heterocycles. The van der Waals surface area contributed by atoms with Crippen LogP contribution >= 0.6 is 0 Å². The van der Waals surface area contributed by atoms with E-state index in [0.717, 1.165) is 31.2 Å². The number of rotatable bonds is 13. The molecule has 0 spiro atoms. The molecule has 1 rings (SSSR count). The summed E-state index contributed by atoms with van der Waals surface area (Å²) in [5, 5.41) is 18.9. The largest absolute Gasteiger partial charge is 0.507 e. The Kier molecular flexibility index (Phi) is 11.2. The molecular formula is C22H32O3. The van der Waals surface area contributed by atoms with Gasteiger partial charge in [-0.2, -0.15) is 0 Å². The molecule has 2 N–H and O–H groups in total. The summed E-state index contributed by atoms with van der Waals surface area (Å²) >= 11 is 0. The molecule has 0 atom stereocenters. The Morgan fingerprint density at radius 2 is 1.64 bits per heavy atom. The molecule has 0 saturated carbocycles. The highest BCUT2D eigenvalue weighted by molar-refractivity contribution is 5.92. The predicted molar refractivity (Wildman–Crippen MR) is 104 cm³/mol. The van der Waals surface area contributed by atoms with Gasteiger partial charge in [0.25, 0.3) is 0 Å². The van der Waals surface area contributed by atoms with Crippen LogP contribution in [0.1, 0.15) is 80.6 Å². The van der Waals surface area contributed by atoms with Crippen LogP contribution < -0.4 is 0 Å². The van der Waals surface area contributed by atoms with Gasteiger partial charge in [-0.3, -0.25) is 0 Å². The van der Waals surface area contributed by atoms with Crippen molar-refractivity contribution in [3.63, 3.8) is 0 Å². The van der Waals surface area contributed by atoms with Gasteiger partial charge < -0.3 is 10.2 Å². The highest BCUT2D eigenvalue weighted by Crippen LogP contribution is 2.23. The van der Waals surface area contributed by atoms with E-state index in [-0.39, 0.29) is 11.3 Å². The molecule has 3 nitrogen and oxygen atoms in total. The molecule has 0 amide bonds. The van der Waals surface area contributed by atoms with Crippen LogP contribution in [0.25, 0.3) is 0 Å². The molecule has 0 aliphatic carbocycles. The number of phenols is 1. The van der Waals surface area contributed by atoms with Crippen molar-refractivity contribution < 1.29 is 15.0 Å². The Morgan fingerprint density at radius 1 is 0.960 bits per heavy atom. The Labute approximate surface area is 152 Å². The van der Waals surface area contributed by atoms with E-state index in [2.05, 4.69) is 31.2 Å². The molecule has 0 bridgehead atoms. The van der Waals surface area contributed by atoms with Crippen LogP contribution in [0.5, 0.6) is 5.75 Å².